The average Bonchev–Trinajstić information content (AvgIpc) is 3.16. The van der Waals surface area contributed by atoms with E-state index in [1.807, 2.05) is 13.8 Å². The second-order valence-corrected chi connectivity index (χ2v) is 6.61. The minimum Gasteiger partial charge on any atom is -0.326 e. The first-order chi connectivity index (χ1) is 12.9. The lowest BCUT2D eigenvalue weighted by Crippen LogP contribution is -2.18. The summed E-state index contributed by atoms with van der Waals surface area (Å²) in [5.74, 6) is -0.505. The van der Waals surface area contributed by atoms with E-state index in [9.17, 15) is 9.59 Å². The standard InChI is InChI=1S/C19H18ClN5O2/c1-12(2)18(26)23-15-6-3-13(4-7-15)19(27)24-16-9-14(20)5-8-17(16)25-11-21-10-22-25/h3-12H,1-2H3,(H,23,26)(H,24,27). The number of carbonyl (C=O) groups is 2. The molecule has 2 aromatic carbocycles. The Balaban J connectivity index is 1.78. The normalized spacial score (nSPS) is 10.7. The lowest BCUT2D eigenvalue weighted by molar-refractivity contribution is -0.118. The Bertz CT molecular complexity index is 953. The summed E-state index contributed by atoms with van der Waals surface area (Å²) in [5, 5.41) is 10.2. The van der Waals surface area contributed by atoms with Crippen molar-refractivity contribution in [3.63, 3.8) is 0 Å². The van der Waals surface area contributed by atoms with Gasteiger partial charge in [-0.2, -0.15) is 5.10 Å². The van der Waals surface area contributed by atoms with Crippen LogP contribution in [0.5, 0.6) is 0 Å². The molecule has 0 saturated heterocycles. The fourth-order valence-electron chi connectivity index (χ4n) is 2.33. The van der Waals surface area contributed by atoms with Crippen molar-refractivity contribution in [3.8, 4) is 5.69 Å². The van der Waals surface area contributed by atoms with Crippen molar-refractivity contribution in [2.75, 3.05) is 10.6 Å². The molecule has 138 valence electrons. The second-order valence-electron chi connectivity index (χ2n) is 6.18. The zero-order valence-corrected chi connectivity index (χ0v) is 15.6. The van der Waals surface area contributed by atoms with E-state index in [1.165, 1.54) is 17.3 Å². The SMILES string of the molecule is CC(C)C(=O)Nc1ccc(C(=O)Nc2cc(Cl)ccc2-n2cncn2)cc1. The van der Waals surface area contributed by atoms with E-state index in [-0.39, 0.29) is 17.7 Å². The lowest BCUT2D eigenvalue weighted by Gasteiger charge is -2.12. The van der Waals surface area contributed by atoms with Gasteiger partial charge in [0.05, 0.1) is 11.4 Å². The molecule has 0 atom stereocenters. The van der Waals surface area contributed by atoms with Gasteiger partial charge in [0.15, 0.2) is 0 Å². The topological polar surface area (TPSA) is 88.9 Å². The number of nitrogens with one attached hydrogen (secondary N) is 2. The van der Waals surface area contributed by atoms with Crippen LogP contribution in [-0.2, 0) is 4.79 Å². The minimum absolute atomic E-state index is 0.0800. The van der Waals surface area contributed by atoms with Gasteiger partial charge in [-0.3, -0.25) is 9.59 Å². The van der Waals surface area contributed by atoms with Crippen molar-refractivity contribution in [2.45, 2.75) is 13.8 Å². The van der Waals surface area contributed by atoms with E-state index >= 15 is 0 Å². The van der Waals surface area contributed by atoms with Gasteiger partial charge < -0.3 is 10.6 Å². The van der Waals surface area contributed by atoms with E-state index in [4.69, 9.17) is 11.6 Å². The van der Waals surface area contributed by atoms with E-state index < -0.39 is 0 Å². The fraction of sp³-hybridized carbons (Fsp3) is 0.158. The number of benzene rings is 2. The molecule has 1 heterocycles. The van der Waals surface area contributed by atoms with Crippen LogP contribution in [0, 0.1) is 5.92 Å². The van der Waals surface area contributed by atoms with Crippen LogP contribution in [-0.4, -0.2) is 26.6 Å². The van der Waals surface area contributed by atoms with Crippen LogP contribution >= 0.6 is 11.6 Å². The lowest BCUT2D eigenvalue weighted by atomic mass is 10.1. The Morgan fingerprint density at radius 2 is 1.81 bits per heavy atom. The summed E-state index contributed by atoms with van der Waals surface area (Å²) in [6.45, 7) is 3.63. The van der Waals surface area contributed by atoms with Crippen LogP contribution in [0.3, 0.4) is 0 Å². The molecule has 0 aliphatic heterocycles. The molecule has 0 unspecified atom stereocenters. The van der Waals surface area contributed by atoms with Crippen LogP contribution < -0.4 is 10.6 Å². The molecule has 0 aliphatic rings. The Labute approximate surface area is 161 Å². The highest BCUT2D eigenvalue weighted by Gasteiger charge is 2.13. The van der Waals surface area contributed by atoms with Crippen LogP contribution in [0.4, 0.5) is 11.4 Å². The maximum atomic E-state index is 12.6. The summed E-state index contributed by atoms with van der Waals surface area (Å²) >= 11 is 6.07. The summed E-state index contributed by atoms with van der Waals surface area (Å²) in [6, 6.07) is 11.8. The molecule has 0 radical (unpaired) electrons. The van der Waals surface area contributed by atoms with E-state index in [1.54, 1.807) is 42.5 Å². The quantitative estimate of drug-likeness (QED) is 0.701. The molecular formula is C19H18ClN5O2. The molecule has 3 rings (SSSR count). The molecule has 0 aliphatic carbocycles. The number of nitrogens with zero attached hydrogens (tertiary/aromatic N) is 3. The van der Waals surface area contributed by atoms with Gasteiger partial charge in [-0.15, -0.1) is 0 Å². The van der Waals surface area contributed by atoms with Crippen LogP contribution in [0.2, 0.25) is 5.02 Å². The van der Waals surface area contributed by atoms with Gasteiger partial charge in [-0.1, -0.05) is 25.4 Å². The van der Waals surface area contributed by atoms with Gasteiger partial charge in [0, 0.05) is 22.2 Å². The van der Waals surface area contributed by atoms with Gasteiger partial charge in [0.1, 0.15) is 12.7 Å². The van der Waals surface area contributed by atoms with Gasteiger partial charge in [0.2, 0.25) is 5.91 Å². The van der Waals surface area contributed by atoms with Gasteiger partial charge in [0.25, 0.3) is 5.91 Å². The summed E-state index contributed by atoms with van der Waals surface area (Å²) < 4.78 is 1.54. The molecular weight excluding hydrogens is 366 g/mol. The number of amides is 2. The highest BCUT2D eigenvalue weighted by atomic mass is 35.5. The summed E-state index contributed by atoms with van der Waals surface area (Å²) in [5.41, 5.74) is 2.24. The van der Waals surface area contributed by atoms with Gasteiger partial charge in [-0.05, 0) is 42.5 Å². The molecule has 8 heteroatoms. The third-order valence-corrected chi connectivity index (χ3v) is 4.05. The molecule has 0 saturated carbocycles. The monoisotopic (exact) mass is 383 g/mol. The number of anilines is 2. The first kappa shape index (κ1) is 18.6. The van der Waals surface area contributed by atoms with Crippen molar-refractivity contribution in [2.24, 2.45) is 5.92 Å². The number of hydrogen-bond acceptors (Lipinski definition) is 4. The summed E-state index contributed by atoms with van der Waals surface area (Å²) in [7, 11) is 0. The maximum absolute atomic E-state index is 12.6. The highest BCUT2D eigenvalue weighted by molar-refractivity contribution is 6.31. The molecule has 2 amide bonds. The molecule has 3 aromatic rings. The molecule has 0 spiro atoms. The van der Waals surface area contributed by atoms with Crippen molar-refractivity contribution in [1.29, 1.82) is 0 Å². The molecule has 2 N–H and O–H groups in total. The number of carbonyl (C=O) groups excluding carboxylic acids is 2. The summed E-state index contributed by atoms with van der Waals surface area (Å²) in [4.78, 5) is 28.3. The summed E-state index contributed by atoms with van der Waals surface area (Å²) in [6.07, 6.45) is 2.94. The van der Waals surface area contributed by atoms with Gasteiger partial charge in [-0.25, -0.2) is 9.67 Å². The second kappa shape index (κ2) is 8.01. The third kappa shape index (κ3) is 4.51. The third-order valence-electron chi connectivity index (χ3n) is 3.81. The maximum Gasteiger partial charge on any atom is 0.255 e. The van der Waals surface area contributed by atoms with Crippen molar-refractivity contribution >= 4 is 34.8 Å². The van der Waals surface area contributed by atoms with Crippen molar-refractivity contribution in [1.82, 2.24) is 14.8 Å². The number of halogens is 1. The van der Waals surface area contributed by atoms with Crippen LogP contribution in [0.25, 0.3) is 5.69 Å². The van der Waals surface area contributed by atoms with E-state index in [0.717, 1.165) is 0 Å². The van der Waals surface area contributed by atoms with Crippen molar-refractivity contribution in [3.05, 3.63) is 65.7 Å². The van der Waals surface area contributed by atoms with Gasteiger partial charge >= 0.3 is 0 Å². The Hall–Kier alpha value is -3.19. The molecule has 0 fully saturated rings. The fourth-order valence-corrected chi connectivity index (χ4v) is 2.50. The van der Waals surface area contributed by atoms with Crippen LogP contribution in [0.1, 0.15) is 24.2 Å². The number of aromatic nitrogens is 3. The molecule has 7 nitrogen and oxygen atoms in total. The smallest absolute Gasteiger partial charge is 0.255 e. The molecule has 27 heavy (non-hydrogen) atoms. The highest BCUT2D eigenvalue weighted by Crippen LogP contribution is 2.24. The molecule has 1 aromatic heterocycles. The predicted molar refractivity (Wildman–Crippen MR) is 104 cm³/mol. The average molecular weight is 384 g/mol. The first-order valence-corrected chi connectivity index (χ1v) is 8.68. The Morgan fingerprint density at radius 1 is 1.07 bits per heavy atom. The predicted octanol–water partition coefficient (Wildman–Crippen LogP) is 3.77. The largest absolute Gasteiger partial charge is 0.326 e. The Kier molecular flexibility index (Phi) is 5.52. The minimum atomic E-state index is -0.305. The number of hydrogen-bond donors (Lipinski definition) is 2. The zero-order chi connectivity index (χ0) is 19.4. The van der Waals surface area contributed by atoms with E-state index in [0.29, 0.717) is 27.6 Å². The van der Waals surface area contributed by atoms with E-state index in [2.05, 4.69) is 20.7 Å². The first-order valence-electron chi connectivity index (χ1n) is 8.31. The molecule has 0 bridgehead atoms. The van der Waals surface area contributed by atoms with Crippen LogP contribution in [0.15, 0.2) is 55.1 Å². The Morgan fingerprint density at radius 3 is 2.44 bits per heavy atom. The van der Waals surface area contributed by atoms with Crippen molar-refractivity contribution < 1.29 is 9.59 Å². The number of rotatable bonds is 5. The zero-order valence-electron chi connectivity index (χ0n) is 14.8.